The lowest BCUT2D eigenvalue weighted by atomic mass is 9.89. The second-order valence-corrected chi connectivity index (χ2v) is 5.49. The minimum Gasteiger partial charge on any atom is -0.316 e. The molecule has 0 atom stereocenters. The van der Waals surface area contributed by atoms with Crippen LogP contribution in [0.15, 0.2) is 11.3 Å². The zero-order valence-corrected chi connectivity index (χ0v) is 11.4. The number of amides is 1. The Morgan fingerprint density at radius 1 is 1.06 bits per heavy atom. The number of nitrogens with zero attached hydrogens (tertiary/aromatic N) is 1. The van der Waals surface area contributed by atoms with Crippen molar-refractivity contribution >= 4 is 21.8 Å². The molecule has 0 spiro atoms. The Morgan fingerprint density at radius 2 is 1.88 bits per heavy atom. The Balaban J connectivity index is 2.03. The third kappa shape index (κ3) is 2.68. The monoisotopic (exact) mass is 285 g/mol. The summed E-state index contributed by atoms with van der Waals surface area (Å²) in [4.78, 5) is 14.0. The Labute approximate surface area is 106 Å². The highest BCUT2D eigenvalue weighted by molar-refractivity contribution is 9.09. The molecule has 2 aliphatic rings. The molecule has 0 aromatic heterocycles. The second kappa shape index (κ2) is 5.85. The lowest BCUT2D eigenvalue weighted by molar-refractivity contribution is -0.130. The van der Waals surface area contributed by atoms with Gasteiger partial charge in [0.25, 0.3) is 0 Å². The van der Waals surface area contributed by atoms with Crippen LogP contribution >= 0.6 is 15.9 Å². The Kier molecular flexibility index (Phi) is 4.45. The highest BCUT2D eigenvalue weighted by Gasteiger charge is 2.27. The molecular formula is C13H20BrNO. The molecule has 0 saturated carbocycles. The summed E-state index contributed by atoms with van der Waals surface area (Å²) in [5.74, 6) is 0.357. The molecule has 0 fully saturated rings. The first-order valence-corrected chi connectivity index (χ1v) is 7.52. The van der Waals surface area contributed by atoms with E-state index >= 15 is 0 Å². The summed E-state index contributed by atoms with van der Waals surface area (Å²) in [6.45, 7) is 0.934. The summed E-state index contributed by atoms with van der Waals surface area (Å²) in [6.07, 6.45) is 9.01. The summed E-state index contributed by atoms with van der Waals surface area (Å²) in [6, 6.07) is 0. The molecule has 0 radical (unpaired) electrons. The SMILES string of the molecule is O=C1CCC2=C(CCCC2)N1CCCCBr. The van der Waals surface area contributed by atoms with Gasteiger partial charge >= 0.3 is 0 Å². The molecule has 1 aliphatic carbocycles. The first-order valence-electron chi connectivity index (χ1n) is 6.40. The van der Waals surface area contributed by atoms with E-state index in [-0.39, 0.29) is 0 Å². The summed E-state index contributed by atoms with van der Waals surface area (Å²) in [5.41, 5.74) is 2.96. The third-order valence-electron chi connectivity index (χ3n) is 3.58. The normalized spacial score (nSPS) is 21.3. The van der Waals surface area contributed by atoms with E-state index in [9.17, 15) is 4.79 Å². The fourth-order valence-corrected chi connectivity index (χ4v) is 3.11. The van der Waals surface area contributed by atoms with Crippen molar-refractivity contribution in [3.63, 3.8) is 0 Å². The standard InChI is InChI=1S/C13H20BrNO/c14-9-3-4-10-15-12-6-2-1-5-11(12)7-8-13(15)16/h1-10H2. The van der Waals surface area contributed by atoms with E-state index in [0.29, 0.717) is 5.91 Å². The average Bonchev–Trinajstić information content (AvgIpc) is 2.32. The molecule has 0 bridgehead atoms. The molecule has 1 aliphatic heterocycles. The van der Waals surface area contributed by atoms with E-state index in [0.717, 1.165) is 44.0 Å². The lowest BCUT2D eigenvalue weighted by Crippen LogP contribution is -2.36. The molecule has 0 N–H and O–H groups in total. The number of halogens is 1. The number of rotatable bonds is 4. The number of allylic oxidation sites excluding steroid dienone is 2. The summed E-state index contributed by atoms with van der Waals surface area (Å²) in [7, 11) is 0. The van der Waals surface area contributed by atoms with Gasteiger partial charge in [-0.15, -0.1) is 0 Å². The van der Waals surface area contributed by atoms with Crippen LogP contribution in [0, 0.1) is 0 Å². The molecule has 1 amide bonds. The number of alkyl halides is 1. The minimum absolute atomic E-state index is 0.357. The molecule has 3 heteroatoms. The maximum absolute atomic E-state index is 11.9. The maximum Gasteiger partial charge on any atom is 0.227 e. The maximum atomic E-state index is 11.9. The van der Waals surface area contributed by atoms with Crippen molar-refractivity contribution < 1.29 is 4.79 Å². The smallest absolute Gasteiger partial charge is 0.227 e. The fraction of sp³-hybridized carbons (Fsp3) is 0.769. The van der Waals surface area contributed by atoms with Crippen LogP contribution < -0.4 is 0 Å². The molecule has 2 rings (SSSR count). The molecule has 0 aromatic rings. The second-order valence-electron chi connectivity index (χ2n) is 4.70. The van der Waals surface area contributed by atoms with Crippen molar-refractivity contribution in [2.45, 2.75) is 51.4 Å². The van der Waals surface area contributed by atoms with E-state index in [1.54, 1.807) is 5.57 Å². The minimum atomic E-state index is 0.357. The number of carbonyl (C=O) groups is 1. The third-order valence-corrected chi connectivity index (χ3v) is 4.14. The number of hydrogen-bond acceptors (Lipinski definition) is 1. The van der Waals surface area contributed by atoms with E-state index < -0.39 is 0 Å². The number of carbonyl (C=O) groups excluding carboxylic acids is 1. The van der Waals surface area contributed by atoms with E-state index in [1.807, 2.05) is 0 Å². The van der Waals surface area contributed by atoms with Crippen LogP contribution in [-0.2, 0) is 4.79 Å². The van der Waals surface area contributed by atoms with Crippen LogP contribution in [-0.4, -0.2) is 22.7 Å². The predicted octanol–water partition coefficient (Wildman–Crippen LogP) is 3.61. The van der Waals surface area contributed by atoms with Gasteiger partial charge in [0.2, 0.25) is 5.91 Å². The topological polar surface area (TPSA) is 20.3 Å². The largest absolute Gasteiger partial charge is 0.316 e. The van der Waals surface area contributed by atoms with Crippen molar-refractivity contribution in [1.82, 2.24) is 4.90 Å². The molecule has 16 heavy (non-hydrogen) atoms. The van der Waals surface area contributed by atoms with Crippen LogP contribution in [0.3, 0.4) is 0 Å². The van der Waals surface area contributed by atoms with Gasteiger partial charge in [-0.05, 0) is 44.9 Å². The Hall–Kier alpha value is -0.310. The first kappa shape index (κ1) is 12.2. The molecule has 0 aromatic carbocycles. The van der Waals surface area contributed by atoms with E-state index in [4.69, 9.17) is 0 Å². The first-order chi connectivity index (χ1) is 7.83. The fourth-order valence-electron chi connectivity index (χ4n) is 2.71. The predicted molar refractivity (Wildman–Crippen MR) is 69.5 cm³/mol. The average molecular weight is 286 g/mol. The van der Waals surface area contributed by atoms with Crippen molar-refractivity contribution in [3.05, 3.63) is 11.3 Å². The van der Waals surface area contributed by atoms with Crippen LogP contribution in [0.1, 0.15) is 51.4 Å². The Morgan fingerprint density at radius 3 is 2.69 bits per heavy atom. The summed E-state index contributed by atoms with van der Waals surface area (Å²) < 4.78 is 0. The van der Waals surface area contributed by atoms with Crippen molar-refractivity contribution in [3.8, 4) is 0 Å². The van der Waals surface area contributed by atoms with Crippen molar-refractivity contribution in [2.24, 2.45) is 0 Å². The van der Waals surface area contributed by atoms with Gasteiger partial charge < -0.3 is 4.90 Å². The van der Waals surface area contributed by atoms with Crippen LogP contribution in [0.2, 0.25) is 0 Å². The van der Waals surface area contributed by atoms with Gasteiger partial charge in [0.05, 0.1) is 0 Å². The van der Waals surface area contributed by atoms with Crippen LogP contribution in [0.25, 0.3) is 0 Å². The van der Waals surface area contributed by atoms with Gasteiger partial charge in [-0.25, -0.2) is 0 Å². The van der Waals surface area contributed by atoms with Gasteiger partial charge in [0.15, 0.2) is 0 Å². The van der Waals surface area contributed by atoms with Crippen molar-refractivity contribution in [2.75, 3.05) is 11.9 Å². The van der Waals surface area contributed by atoms with Gasteiger partial charge in [-0.1, -0.05) is 21.5 Å². The highest BCUT2D eigenvalue weighted by atomic mass is 79.9. The lowest BCUT2D eigenvalue weighted by Gasteiger charge is -2.35. The number of hydrogen-bond donors (Lipinski definition) is 0. The quantitative estimate of drug-likeness (QED) is 0.571. The van der Waals surface area contributed by atoms with E-state index in [1.165, 1.54) is 25.0 Å². The van der Waals surface area contributed by atoms with Crippen LogP contribution in [0.5, 0.6) is 0 Å². The van der Waals surface area contributed by atoms with Crippen molar-refractivity contribution in [1.29, 1.82) is 0 Å². The molecular weight excluding hydrogens is 266 g/mol. The zero-order chi connectivity index (χ0) is 11.4. The summed E-state index contributed by atoms with van der Waals surface area (Å²) >= 11 is 3.44. The molecule has 0 saturated heterocycles. The zero-order valence-electron chi connectivity index (χ0n) is 9.80. The molecule has 1 heterocycles. The van der Waals surface area contributed by atoms with Gasteiger partial charge in [0, 0.05) is 24.0 Å². The van der Waals surface area contributed by atoms with Gasteiger partial charge in [0.1, 0.15) is 0 Å². The van der Waals surface area contributed by atoms with Gasteiger partial charge in [-0.2, -0.15) is 0 Å². The number of unbranched alkanes of at least 4 members (excludes halogenated alkanes) is 1. The molecule has 90 valence electrons. The van der Waals surface area contributed by atoms with Crippen LogP contribution in [0.4, 0.5) is 0 Å². The highest BCUT2D eigenvalue weighted by Crippen LogP contribution is 2.34. The van der Waals surface area contributed by atoms with E-state index in [2.05, 4.69) is 20.8 Å². The van der Waals surface area contributed by atoms with Gasteiger partial charge in [-0.3, -0.25) is 4.79 Å². The molecule has 0 unspecified atom stereocenters. The molecule has 2 nitrogen and oxygen atoms in total. The summed E-state index contributed by atoms with van der Waals surface area (Å²) in [5, 5.41) is 1.04. The Bertz CT molecular complexity index is 298.